The minimum atomic E-state index is -1.42. The van der Waals surface area contributed by atoms with Gasteiger partial charge in [0.1, 0.15) is 5.60 Å². The van der Waals surface area contributed by atoms with E-state index in [4.69, 9.17) is 0 Å². The lowest BCUT2D eigenvalue weighted by molar-refractivity contribution is -0.134. The van der Waals surface area contributed by atoms with Gasteiger partial charge in [0, 0.05) is 35.0 Å². The van der Waals surface area contributed by atoms with Crippen molar-refractivity contribution in [2.75, 3.05) is 4.90 Å². The van der Waals surface area contributed by atoms with Gasteiger partial charge in [-0.05, 0) is 31.1 Å². The second-order valence-corrected chi connectivity index (χ2v) is 7.70. The maximum atomic E-state index is 13.0. The summed E-state index contributed by atoms with van der Waals surface area (Å²) in [4.78, 5) is 18.9. The number of allylic oxidation sites excluding steroid dienone is 3. The Morgan fingerprint density at radius 1 is 1.24 bits per heavy atom. The number of benzene rings is 1. The van der Waals surface area contributed by atoms with Crippen LogP contribution in [0, 0.1) is 5.92 Å². The van der Waals surface area contributed by atoms with E-state index in [1.54, 1.807) is 30.4 Å². The number of aliphatic hydroxyl groups is 1. The fourth-order valence-corrected chi connectivity index (χ4v) is 4.23. The van der Waals surface area contributed by atoms with Crippen molar-refractivity contribution in [1.29, 1.82) is 0 Å². The summed E-state index contributed by atoms with van der Waals surface area (Å²) < 4.78 is 0. The first-order valence-electron chi connectivity index (χ1n) is 9.62. The first-order valence-corrected chi connectivity index (χ1v) is 9.62. The lowest BCUT2D eigenvalue weighted by Gasteiger charge is -2.22. The molecule has 1 aliphatic heterocycles. The maximum absolute atomic E-state index is 13.0. The van der Waals surface area contributed by atoms with E-state index in [2.05, 4.69) is 15.2 Å². The van der Waals surface area contributed by atoms with Crippen LogP contribution >= 0.6 is 0 Å². The predicted octanol–water partition coefficient (Wildman–Crippen LogP) is 3.17. The second kappa shape index (κ2) is 6.60. The van der Waals surface area contributed by atoms with Crippen molar-refractivity contribution in [1.82, 2.24) is 15.2 Å². The molecule has 1 aromatic carbocycles. The minimum absolute atomic E-state index is 0.243. The molecule has 1 amide bonds. The molecule has 0 radical (unpaired) electrons. The Labute approximate surface area is 168 Å². The average molecular weight is 384 g/mol. The van der Waals surface area contributed by atoms with Crippen LogP contribution in [0.4, 0.5) is 5.69 Å². The van der Waals surface area contributed by atoms with Crippen molar-refractivity contribution in [2.45, 2.75) is 25.4 Å². The molecule has 3 heterocycles. The lowest BCUT2D eigenvalue weighted by atomic mass is 9.85. The molecule has 0 bridgehead atoms. The van der Waals surface area contributed by atoms with Crippen molar-refractivity contribution in [3.63, 3.8) is 0 Å². The first-order chi connectivity index (χ1) is 14.1. The van der Waals surface area contributed by atoms with Gasteiger partial charge < -0.3 is 5.11 Å². The molecule has 2 aliphatic rings. The molecule has 6 nitrogen and oxygen atoms in total. The molecule has 1 aliphatic carbocycles. The smallest absolute Gasteiger partial charge is 0.263 e. The number of rotatable bonds is 3. The van der Waals surface area contributed by atoms with Crippen LogP contribution in [0.2, 0.25) is 0 Å². The number of hydrogen-bond acceptors (Lipinski definition) is 5. The molecular formula is C23H20N4O2. The average Bonchev–Trinajstić information content (AvgIpc) is 2.95. The van der Waals surface area contributed by atoms with E-state index in [1.807, 2.05) is 48.6 Å². The van der Waals surface area contributed by atoms with Gasteiger partial charge in [0.25, 0.3) is 5.91 Å². The van der Waals surface area contributed by atoms with Gasteiger partial charge in [-0.1, -0.05) is 36.4 Å². The van der Waals surface area contributed by atoms with Crippen LogP contribution < -0.4 is 4.90 Å². The lowest BCUT2D eigenvalue weighted by Crippen LogP contribution is -2.40. The first kappa shape index (κ1) is 17.7. The highest BCUT2D eigenvalue weighted by Crippen LogP contribution is 2.43. The van der Waals surface area contributed by atoms with Gasteiger partial charge in [-0.15, -0.1) is 0 Å². The van der Waals surface area contributed by atoms with Crippen LogP contribution in [0.1, 0.15) is 24.6 Å². The summed E-state index contributed by atoms with van der Waals surface area (Å²) in [5.74, 6) is -0.561. The van der Waals surface area contributed by atoms with Gasteiger partial charge in [0.2, 0.25) is 0 Å². The highest BCUT2D eigenvalue weighted by Gasteiger charge is 2.53. The van der Waals surface area contributed by atoms with Gasteiger partial charge in [0.05, 0.1) is 23.8 Å². The Hall–Kier alpha value is -3.38. The normalized spacial score (nSPS) is 23.4. The summed E-state index contributed by atoms with van der Waals surface area (Å²) in [5, 5.41) is 21.3. The third kappa shape index (κ3) is 2.84. The third-order valence-electron chi connectivity index (χ3n) is 5.76. The SMILES string of the molecule is C[C@@]1(O)C(=O)N(c2cncc(Cc3nncc4ccccc34)c2)C2=CC=CCC21. The zero-order valence-electron chi connectivity index (χ0n) is 16.0. The number of nitrogens with zero attached hydrogens (tertiary/aromatic N) is 4. The molecule has 5 rings (SSSR count). The van der Waals surface area contributed by atoms with Crippen LogP contribution in [0.25, 0.3) is 10.8 Å². The summed E-state index contributed by atoms with van der Waals surface area (Å²) in [5.41, 5.74) is 1.83. The monoisotopic (exact) mass is 384 g/mol. The number of fused-ring (bicyclic) bond motifs is 2. The highest BCUT2D eigenvalue weighted by atomic mass is 16.3. The maximum Gasteiger partial charge on any atom is 0.263 e. The van der Waals surface area contributed by atoms with Gasteiger partial charge in [-0.25, -0.2) is 0 Å². The van der Waals surface area contributed by atoms with Crippen molar-refractivity contribution < 1.29 is 9.90 Å². The zero-order chi connectivity index (χ0) is 20.0. The van der Waals surface area contributed by atoms with E-state index in [9.17, 15) is 9.90 Å². The predicted molar refractivity (Wildman–Crippen MR) is 110 cm³/mol. The van der Waals surface area contributed by atoms with Crippen LogP contribution in [0.5, 0.6) is 0 Å². The summed E-state index contributed by atoms with van der Waals surface area (Å²) in [7, 11) is 0. The molecular weight excluding hydrogens is 364 g/mol. The molecule has 1 N–H and O–H groups in total. The third-order valence-corrected chi connectivity index (χ3v) is 5.76. The van der Waals surface area contributed by atoms with E-state index in [-0.39, 0.29) is 11.8 Å². The number of amides is 1. The van der Waals surface area contributed by atoms with Crippen molar-refractivity contribution in [2.24, 2.45) is 5.92 Å². The molecule has 1 unspecified atom stereocenters. The van der Waals surface area contributed by atoms with E-state index in [0.717, 1.165) is 27.7 Å². The van der Waals surface area contributed by atoms with Crippen molar-refractivity contribution >= 4 is 22.4 Å². The molecule has 0 saturated carbocycles. The molecule has 0 spiro atoms. The van der Waals surface area contributed by atoms with E-state index >= 15 is 0 Å². The summed E-state index contributed by atoms with van der Waals surface area (Å²) >= 11 is 0. The Bertz CT molecular complexity index is 1180. The molecule has 2 aromatic heterocycles. The molecule has 29 heavy (non-hydrogen) atoms. The molecule has 1 fully saturated rings. The van der Waals surface area contributed by atoms with Crippen LogP contribution in [-0.4, -0.2) is 31.8 Å². The Kier molecular flexibility index (Phi) is 4.03. The van der Waals surface area contributed by atoms with Gasteiger partial charge >= 0.3 is 0 Å². The second-order valence-electron chi connectivity index (χ2n) is 7.70. The molecule has 6 heteroatoms. The van der Waals surface area contributed by atoms with Gasteiger partial charge in [-0.2, -0.15) is 10.2 Å². The number of aromatic nitrogens is 3. The number of carbonyl (C=O) groups excluding carboxylic acids is 1. The number of carbonyl (C=O) groups is 1. The molecule has 144 valence electrons. The van der Waals surface area contributed by atoms with E-state index < -0.39 is 5.60 Å². The van der Waals surface area contributed by atoms with Crippen LogP contribution in [0.15, 0.2) is 72.8 Å². The Morgan fingerprint density at radius 3 is 3.00 bits per heavy atom. The number of pyridine rings is 1. The van der Waals surface area contributed by atoms with Gasteiger partial charge in [0.15, 0.2) is 0 Å². The van der Waals surface area contributed by atoms with Crippen molar-refractivity contribution in [3.05, 3.63) is 84.1 Å². The van der Waals surface area contributed by atoms with Crippen molar-refractivity contribution in [3.8, 4) is 0 Å². The standard InChI is InChI=1S/C23H20N4O2/c1-23(29)19-8-4-5-9-21(19)27(22(23)28)17-10-15(12-24-14-17)11-20-18-7-3-2-6-16(18)13-25-26-20/h2-7,9-10,12-14,19,29H,8,11H2,1H3/t19?,23-/m0/s1. The quantitative estimate of drug-likeness (QED) is 0.750. The Morgan fingerprint density at radius 2 is 2.10 bits per heavy atom. The topological polar surface area (TPSA) is 79.2 Å². The summed E-state index contributed by atoms with van der Waals surface area (Å²) in [6.07, 6.45) is 12.2. The number of anilines is 1. The van der Waals surface area contributed by atoms with E-state index in [0.29, 0.717) is 18.5 Å². The number of hydrogen-bond donors (Lipinski definition) is 1. The molecule has 1 saturated heterocycles. The minimum Gasteiger partial charge on any atom is -0.380 e. The fraction of sp³-hybridized carbons (Fsp3) is 0.217. The fourth-order valence-electron chi connectivity index (χ4n) is 4.23. The van der Waals surface area contributed by atoms with Crippen LogP contribution in [-0.2, 0) is 11.2 Å². The van der Waals surface area contributed by atoms with E-state index in [1.165, 1.54) is 0 Å². The van der Waals surface area contributed by atoms with Gasteiger partial charge in [-0.3, -0.25) is 14.7 Å². The largest absolute Gasteiger partial charge is 0.380 e. The summed E-state index contributed by atoms with van der Waals surface area (Å²) in [6, 6.07) is 9.93. The van der Waals surface area contributed by atoms with Crippen LogP contribution in [0.3, 0.4) is 0 Å². The zero-order valence-corrected chi connectivity index (χ0v) is 16.0. The molecule has 3 aromatic rings. The molecule has 2 atom stereocenters. The Balaban J connectivity index is 1.53. The highest BCUT2D eigenvalue weighted by molar-refractivity contribution is 6.06. The summed E-state index contributed by atoms with van der Waals surface area (Å²) in [6.45, 7) is 1.59.